The maximum Gasteiger partial charge on any atom is 0.308 e. The van der Waals surface area contributed by atoms with Gasteiger partial charge in [-0.1, -0.05) is 0 Å². The van der Waals surface area contributed by atoms with Crippen LogP contribution in [-0.4, -0.2) is 93.0 Å². The summed E-state index contributed by atoms with van der Waals surface area (Å²) in [5, 5.41) is 0. The third-order valence-electron chi connectivity index (χ3n) is 5.59. The normalized spacial score (nSPS) is 11.1. The van der Waals surface area contributed by atoms with Gasteiger partial charge in [-0.25, -0.2) is 23.9 Å². The van der Waals surface area contributed by atoms with Gasteiger partial charge in [-0.3, -0.25) is 0 Å². The van der Waals surface area contributed by atoms with Crippen molar-refractivity contribution < 1.29 is 17.9 Å². The Hall–Kier alpha value is -4.31. The van der Waals surface area contributed by atoms with Crippen molar-refractivity contribution >= 4 is 22.1 Å². The van der Waals surface area contributed by atoms with Crippen molar-refractivity contribution in [1.29, 1.82) is 0 Å². The first-order chi connectivity index (χ1) is 19.2. The minimum absolute atomic E-state index is 0.389. The van der Waals surface area contributed by atoms with Crippen molar-refractivity contribution in [3.8, 4) is 11.8 Å². The van der Waals surface area contributed by atoms with Gasteiger partial charge in [0.2, 0.25) is 23.7 Å². The van der Waals surface area contributed by atoms with Crippen LogP contribution in [0.25, 0.3) is 0 Å². The first kappa shape index (κ1) is 30.2. The Bertz CT molecular complexity index is 1430. The van der Waals surface area contributed by atoms with Crippen LogP contribution in [0.4, 0.5) is 11.9 Å². The summed E-state index contributed by atoms with van der Waals surface area (Å²) >= 11 is 0. The van der Waals surface area contributed by atoms with Gasteiger partial charge in [0, 0.05) is 64.1 Å². The van der Waals surface area contributed by atoms with Gasteiger partial charge >= 0.3 is 10.2 Å². The van der Waals surface area contributed by atoms with Gasteiger partial charge in [0.25, 0.3) is 0 Å². The van der Waals surface area contributed by atoms with Crippen LogP contribution in [0.3, 0.4) is 0 Å². The number of hydrogen-bond donors (Lipinski definition) is 1. The standard InChI is InChI=1S/C13H20N6O3S.C11H15N5O/c1-5-18(13-14-7-6-12(16-13)22-4)8-11-9-19(10-15-11)23(20,21)17(2)3;1-3-16(7-9-6-12-8-14-9)11-13-5-4-10(15-11)17-2/h6-7,9-10H,5,8H2,1-4H3;4-6,8H,3,7H2,1-2H3,(H,12,14). The van der Waals surface area contributed by atoms with Crippen molar-refractivity contribution in [2.45, 2.75) is 26.9 Å². The predicted octanol–water partition coefficient (Wildman–Crippen LogP) is 1.60. The molecule has 0 amide bonds. The van der Waals surface area contributed by atoms with Gasteiger partial charge < -0.3 is 24.3 Å². The molecule has 0 spiro atoms. The number of aromatic amines is 1. The van der Waals surface area contributed by atoms with Gasteiger partial charge in [0.05, 0.1) is 45.0 Å². The zero-order valence-electron chi connectivity index (χ0n) is 23.5. The predicted molar refractivity (Wildman–Crippen MR) is 149 cm³/mol. The lowest BCUT2D eigenvalue weighted by atomic mass is 10.4. The molecule has 0 radical (unpaired) electrons. The number of methoxy groups -OCH3 is 2. The zero-order valence-corrected chi connectivity index (χ0v) is 24.3. The Kier molecular flexibility index (Phi) is 10.7. The van der Waals surface area contributed by atoms with E-state index in [1.54, 1.807) is 44.2 Å². The van der Waals surface area contributed by atoms with Gasteiger partial charge in [-0.2, -0.15) is 22.7 Å². The fourth-order valence-corrected chi connectivity index (χ4v) is 4.16. The minimum atomic E-state index is -3.56. The van der Waals surface area contributed by atoms with E-state index in [2.05, 4.69) is 41.8 Å². The first-order valence-corrected chi connectivity index (χ1v) is 13.8. The van der Waals surface area contributed by atoms with Crippen molar-refractivity contribution in [3.05, 3.63) is 61.0 Å². The summed E-state index contributed by atoms with van der Waals surface area (Å²) in [7, 11) is 2.52. The van der Waals surface area contributed by atoms with E-state index in [0.29, 0.717) is 49.0 Å². The smallest absolute Gasteiger partial charge is 0.308 e. The molecule has 0 unspecified atom stereocenters. The Balaban J connectivity index is 0.000000230. The largest absolute Gasteiger partial charge is 0.481 e. The number of aromatic nitrogens is 8. The molecule has 0 aliphatic rings. The monoisotopic (exact) mass is 573 g/mol. The Morgan fingerprint density at radius 2 is 1.48 bits per heavy atom. The van der Waals surface area contributed by atoms with Crippen LogP contribution in [0.1, 0.15) is 25.2 Å². The topological polar surface area (TPSA) is 160 Å². The van der Waals surface area contributed by atoms with Crippen LogP contribution in [-0.2, 0) is 23.3 Å². The van der Waals surface area contributed by atoms with E-state index in [1.807, 2.05) is 16.7 Å². The van der Waals surface area contributed by atoms with Gasteiger partial charge in [-0.05, 0) is 13.8 Å². The van der Waals surface area contributed by atoms with Crippen LogP contribution in [0.15, 0.2) is 49.6 Å². The molecule has 1 N–H and O–H groups in total. The fourth-order valence-electron chi connectivity index (χ4n) is 3.36. The van der Waals surface area contributed by atoms with Gasteiger partial charge in [-0.15, -0.1) is 0 Å². The highest BCUT2D eigenvalue weighted by Crippen LogP contribution is 2.16. The molecule has 0 saturated carbocycles. The summed E-state index contributed by atoms with van der Waals surface area (Å²) in [6.45, 7) is 6.55. The average molecular weight is 574 g/mol. The zero-order chi connectivity index (χ0) is 29.1. The van der Waals surface area contributed by atoms with Crippen LogP contribution < -0.4 is 19.3 Å². The second-order valence-electron chi connectivity index (χ2n) is 8.39. The van der Waals surface area contributed by atoms with Crippen LogP contribution in [0, 0.1) is 0 Å². The summed E-state index contributed by atoms with van der Waals surface area (Å²) in [5.41, 5.74) is 1.63. The Morgan fingerprint density at radius 3 is 1.95 bits per heavy atom. The van der Waals surface area contributed by atoms with E-state index in [0.717, 1.165) is 20.5 Å². The Labute approximate surface area is 234 Å². The molecule has 4 aromatic rings. The second kappa shape index (κ2) is 14.2. The maximum atomic E-state index is 12.0. The van der Waals surface area contributed by atoms with Crippen molar-refractivity contribution in [2.24, 2.45) is 0 Å². The SMILES string of the molecule is CCN(Cc1cn(S(=O)(=O)N(C)C)cn1)c1nccc(OC)n1.CCN(Cc1cnc[nH]1)c1nccc(OC)n1. The maximum absolute atomic E-state index is 12.0. The van der Waals surface area contributed by atoms with E-state index < -0.39 is 10.2 Å². The van der Waals surface area contributed by atoms with E-state index in [1.165, 1.54) is 33.7 Å². The number of nitrogens with zero attached hydrogens (tertiary/aromatic N) is 10. The number of nitrogens with one attached hydrogen (secondary N) is 1. The lowest BCUT2D eigenvalue weighted by molar-refractivity contribution is 0.396. The molecule has 0 fully saturated rings. The molecule has 4 heterocycles. The van der Waals surface area contributed by atoms with Crippen molar-refractivity contribution in [2.75, 3.05) is 51.2 Å². The third kappa shape index (κ3) is 7.86. The molecule has 0 saturated heterocycles. The number of H-pyrrole nitrogens is 1. The van der Waals surface area contributed by atoms with Crippen molar-refractivity contribution in [1.82, 2.24) is 43.2 Å². The summed E-state index contributed by atoms with van der Waals surface area (Å²) in [6.07, 6.45) is 9.53. The first-order valence-electron chi connectivity index (χ1n) is 12.4. The Morgan fingerprint density at radius 1 is 0.900 bits per heavy atom. The molecule has 0 atom stereocenters. The molecule has 16 heteroatoms. The molecule has 0 aliphatic carbocycles. The summed E-state index contributed by atoms with van der Waals surface area (Å²) in [4.78, 5) is 32.1. The molecule has 15 nitrogen and oxygen atoms in total. The van der Waals surface area contributed by atoms with E-state index in [-0.39, 0.29) is 0 Å². The fraction of sp³-hybridized carbons (Fsp3) is 0.417. The van der Waals surface area contributed by atoms with E-state index in [9.17, 15) is 8.42 Å². The number of hydrogen-bond acceptors (Lipinski definition) is 12. The summed E-state index contributed by atoms with van der Waals surface area (Å²) < 4.78 is 36.5. The number of imidazole rings is 2. The van der Waals surface area contributed by atoms with Gasteiger partial charge in [0.1, 0.15) is 6.33 Å². The molecular weight excluding hydrogens is 538 g/mol. The quantitative estimate of drug-likeness (QED) is 0.261. The summed E-state index contributed by atoms with van der Waals surface area (Å²) in [5.74, 6) is 2.19. The molecular formula is C24H35N11O4S. The molecule has 0 aliphatic heterocycles. The van der Waals surface area contributed by atoms with Gasteiger partial charge in [0.15, 0.2) is 0 Å². The second-order valence-corrected chi connectivity index (χ2v) is 10.4. The number of anilines is 2. The highest BCUT2D eigenvalue weighted by atomic mass is 32.2. The lowest BCUT2D eigenvalue weighted by Gasteiger charge is -2.19. The molecule has 0 bridgehead atoms. The van der Waals surface area contributed by atoms with Crippen molar-refractivity contribution in [3.63, 3.8) is 0 Å². The lowest BCUT2D eigenvalue weighted by Crippen LogP contribution is -2.28. The number of rotatable bonds is 12. The van der Waals surface area contributed by atoms with E-state index in [4.69, 9.17) is 9.47 Å². The molecule has 4 rings (SSSR count). The molecule has 0 aromatic carbocycles. The third-order valence-corrected chi connectivity index (χ3v) is 7.25. The van der Waals surface area contributed by atoms with Crippen LogP contribution in [0.5, 0.6) is 11.8 Å². The molecule has 40 heavy (non-hydrogen) atoms. The van der Waals surface area contributed by atoms with E-state index >= 15 is 0 Å². The number of ether oxygens (including phenoxy) is 2. The minimum Gasteiger partial charge on any atom is -0.481 e. The van der Waals surface area contributed by atoms with Crippen LogP contribution >= 0.6 is 0 Å². The molecule has 216 valence electrons. The molecule has 4 aromatic heterocycles. The highest BCUT2D eigenvalue weighted by Gasteiger charge is 2.18. The summed E-state index contributed by atoms with van der Waals surface area (Å²) in [6, 6.07) is 3.39. The highest BCUT2D eigenvalue weighted by molar-refractivity contribution is 7.87. The average Bonchev–Trinajstić information content (AvgIpc) is 3.67. The van der Waals surface area contributed by atoms with Crippen LogP contribution in [0.2, 0.25) is 0 Å².